The second-order valence-electron chi connectivity index (χ2n) is 0.682. The van der Waals surface area contributed by atoms with Crippen LogP contribution in [0.3, 0.4) is 0 Å². The third-order valence-corrected chi connectivity index (χ3v) is 0.632. The van der Waals surface area contributed by atoms with Gasteiger partial charge in [0.05, 0.1) is 5.41 Å². The minimum Gasteiger partial charge on any atom is -1.00 e. The molecule has 7 heavy (non-hydrogen) atoms. The zero-order valence-corrected chi connectivity index (χ0v) is 6.69. The zero-order valence-electron chi connectivity index (χ0n) is 5.66. The Labute approximate surface area is 75.1 Å². The zero-order chi connectivity index (χ0) is 5.21. The van der Waals surface area contributed by atoms with Crippen LogP contribution < -0.4 is 0 Å². The maximum atomic E-state index is 9.44. The van der Waals surface area contributed by atoms with Gasteiger partial charge in [0.2, 0.25) is 0 Å². The summed E-state index contributed by atoms with van der Waals surface area (Å²) < 4.78 is 26.6. The first-order chi connectivity index (χ1) is 2.56. The summed E-state index contributed by atoms with van der Waals surface area (Å²) in [6.45, 7) is 2.79. The van der Waals surface area contributed by atoms with Crippen LogP contribution in [0.15, 0.2) is 12.0 Å². The van der Waals surface area contributed by atoms with Gasteiger partial charge < -0.3 is 2.85 Å². The van der Waals surface area contributed by atoms with E-state index in [2.05, 4.69) is 6.58 Å². The molecule has 0 aliphatic heterocycles. The van der Waals surface area contributed by atoms with Gasteiger partial charge in [-0.3, -0.25) is 4.55 Å². The van der Waals surface area contributed by atoms with Crippen LogP contribution in [-0.2, 0) is 10.1 Å². The summed E-state index contributed by atoms with van der Waals surface area (Å²) in [4.78, 5) is 0. The van der Waals surface area contributed by atoms with Gasteiger partial charge >= 0.3 is 37.7 Å². The Morgan fingerprint density at radius 1 is 1.71 bits per heavy atom. The topological polar surface area (TPSA) is 54.4 Å². The summed E-state index contributed by atoms with van der Waals surface area (Å²) in [6.07, 6.45) is 0. The molecular weight excluding hydrogens is 144 g/mol. The van der Waals surface area contributed by atoms with E-state index in [4.69, 9.17) is 4.55 Å². The molecular formula is C2H6CaO3S. The molecule has 0 amide bonds. The van der Waals surface area contributed by atoms with Crippen LogP contribution in [0.5, 0.6) is 0 Å². The molecule has 0 fully saturated rings. The van der Waals surface area contributed by atoms with Crippen LogP contribution in [-0.4, -0.2) is 50.7 Å². The fraction of sp³-hybridized carbons (Fsp3) is 0. The molecule has 0 aliphatic rings. The van der Waals surface area contributed by atoms with E-state index in [1.165, 1.54) is 0 Å². The average molecular weight is 150 g/mol. The number of hydrogen-bond donors (Lipinski definition) is 1. The monoisotopic (exact) mass is 150 g/mol. The molecule has 0 aromatic rings. The van der Waals surface area contributed by atoms with Gasteiger partial charge in [-0.15, -0.1) is 0 Å². The predicted molar refractivity (Wildman–Crippen MR) is 29.7 cm³/mol. The number of rotatable bonds is 1. The van der Waals surface area contributed by atoms with Crippen LogP contribution in [0, 0.1) is 0 Å². The summed E-state index contributed by atoms with van der Waals surface area (Å²) >= 11 is 0. The molecule has 0 aromatic heterocycles. The van der Waals surface area contributed by atoms with Crippen LogP contribution in [0.4, 0.5) is 0 Å². The van der Waals surface area contributed by atoms with Gasteiger partial charge in [-0.05, 0) is 0 Å². The van der Waals surface area contributed by atoms with Crippen LogP contribution in [0.2, 0.25) is 0 Å². The molecule has 0 spiro atoms. The normalized spacial score (nSPS) is 9.29. The first kappa shape index (κ1) is 10.8. The van der Waals surface area contributed by atoms with E-state index in [1.807, 2.05) is 0 Å². The summed E-state index contributed by atoms with van der Waals surface area (Å²) in [5, 5.41) is 0.465. The van der Waals surface area contributed by atoms with Crippen molar-refractivity contribution >= 4 is 47.9 Å². The van der Waals surface area contributed by atoms with Crippen molar-refractivity contribution in [3.63, 3.8) is 0 Å². The predicted octanol–water partition coefficient (Wildman–Crippen LogP) is -0.138. The van der Waals surface area contributed by atoms with Crippen molar-refractivity contribution in [2.45, 2.75) is 0 Å². The van der Waals surface area contributed by atoms with Crippen molar-refractivity contribution in [2.75, 3.05) is 0 Å². The smallest absolute Gasteiger partial charge is 1.00 e. The van der Waals surface area contributed by atoms with Gasteiger partial charge in [0.25, 0.3) is 10.1 Å². The molecule has 0 radical (unpaired) electrons. The molecule has 0 saturated carbocycles. The van der Waals surface area contributed by atoms with E-state index in [1.54, 1.807) is 0 Å². The molecule has 0 unspecified atom stereocenters. The van der Waals surface area contributed by atoms with Gasteiger partial charge in [0, 0.05) is 0 Å². The van der Waals surface area contributed by atoms with Gasteiger partial charge in [-0.25, -0.2) is 0 Å². The Hall–Kier alpha value is 0.910. The fourth-order valence-electron chi connectivity index (χ4n) is 0. The van der Waals surface area contributed by atoms with E-state index >= 15 is 0 Å². The second kappa shape index (κ2) is 3.86. The standard InChI is InChI=1S/C2H4O3S.Ca.2H/c1-2-6(3,4)5;;;/h2H,1H2,(H,3,4,5);;;/q;+2;2*-1. The van der Waals surface area contributed by atoms with E-state index in [0.717, 1.165) is 0 Å². The van der Waals surface area contributed by atoms with Crippen LogP contribution in [0.25, 0.3) is 0 Å². The first-order valence-electron chi connectivity index (χ1n) is 1.16. The minimum absolute atomic E-state index is 0. The average Bonchev–Trinajstić information content (AvgIpc) is 1.35. The van der Waals surface area contributed by atoms with Crippen LogP contribution >= 0.6 is 0 Å². The number of hydrogen-bond acceptors (Lipinski definition) is 2. The molecule has 5 heteroatoms. The van der Waals surface area contributed by atoms with Crippen molar-refractivity contribution in [1.82, 2.24) is 0 Å². The fourth-order valence-corrected chi connectivity index (χ4v) is 0. The maximum absolute atomic E-state index is 9.44. The van der Waals surface area contributed by atoms with Crippen molar-refractivity contribution in [3.8, 4) is 0 Å². The Morgan fingerprint density at radius 2 is 1.86 bits per heavy atom. The van der Waals surface area contributed by atoms with Crippen molar-refractivity contribution in [1.29, 1.82) is 0 Å². The third-order valence-electron chi connectivity index (χ3n) is 0.211. The van der Waals surface area contributed by atoms with E-state index in [9.17, 15) is 8.42 Å². The summed E-state index contributed by atoms with van der Waals surface area (Å²) in [5.74, 6) is 0. The SMILES string of the molecule is C=CS(=O)(=O)O.[Ca+2].[H-].[H-]. The Morgan fingerprint density at radius 3 is 1.86 bits per heavy atom. The molecule has 0 saturated heterocycles. The van der Waals surface area contributed by atoms with Crippen LogP contribution in [0.1, 0.15) is 2.85 Å². The van der Waals surface area contributed by atoms with Gasteiger partial charge in [0.1, 0.15) is 0 Å². The first-order valence-corrected chi connectivity index (χ1v) is 2.66. The molecule has 0 aromatic carbocycles. The van der Waals surface area contributed by atoms with E-state index in [-0.39, 0.29) is 40.6 Å². The van der Waals surface area contributed by atoms with Gasteiger partial charge in [-0.2, -0.15) is 8.42 Å². The second-order valence-corrected chi connectivity index (χ2v) is 2.04. The van der Waals surface area contributed by atoms with Gasteiger partial charge in [0.15, 0.2) is 0 Å². The molecule has 0 aliphatic carbocycles. The summed E-state index contributed by atoms with van der Waals surface area (Å²) in [5.41, 5.74) is 0. The Balaban J connectivity index is -0.0000000417. The van der Waals surface area contributed by atoms with Crippen molar-refractivity contribution in [3.05, 3.63) is 12.0 Å². The molecule has 0 heterocycles. The minimum atomic E-state index is -3.90. The summed E-state index contributed by atoms with van der Waals surface area (Å²) in [6, 6.07) is 0. The Kier molecular flexibility index (Phi) is 5.96. The van der Waals surface area contributed by atoms with Crippen molar-refractivity contribution < 1.29 is 15.8 Å². The van der Waals surface area contributed by atoms with Crippen molar-refractivity contribution in [2.24, 2.45) is 0 Å². The molecule has 0 rings (SSSR count). The molecule has 1 N–H and O–H groups in total. The van der Waals surface area contributed by atoms with Gasteiger partial charge in [-0.1, -0.05) is 6.58 Å². The molecule has 40 valence electrons. The molecule has 0 atom stereocenters. The largest absolute Gasteiger partial charge is 2.00 e. The maximum Gasteiger partial charge on any atom is 2.00 e. The molecule has 0 bridgehead atoms. The third kappa shape index (κ3) is 10.9. The van der Waals surface area contributed by atoms with E-state index < -0.39 is 10.1 Å². The quantitative estimate of drug-likeness (QED) is 0.418. The summed E-state index contributed by atoms with van der Waals surface area (Å²) in [7, 11) is -3.90. The Bertz CT molecular complexity index is 130. The van der Waals surface area contributed by atoms with E-state index in [0.29, 0.717) is 5.41 Å². The molecule has 3 nitrogen and oxygen atoms in total.